The second-order valence-electron chi connectivity index (χ2n) is 4.58. The molecule has 0 unspecified atom stereocenters. The minimum Gasteiger partial charge on any atom is -0.457 e. The topological polar surface area (TPSA) is 26.3 Å². The zero-order valence-electron chi connectivity index (χ0n) is 11.4. The van der Waals surface area contributed by atoms with E-state index in [1.165, 1.54) is 18.2 Å². The van der Waals surface area contributed by atoms with Gasteiger partial charge in [-0.2, -0.15) is 0 Å². The van der Waals surface area contributed by atoms with Gasteiger partial charge in [0.1, 0.15) is 17.3 Å². The third-order valence-electron chi connectivity index (χ3n) is 2.97. The van der Waals surface area contributed by atoms with Crippen molar-refractivity contribution >= 4 is 5.78 Å². The van der Waals surface area contributed by atoms with Crippen molar-refractivity contribution in [3.8, 4) is 11.5 Å². The van der Waals surface area contributed by atoms with Gasteiger partial charge >= 0.3 is 0 Å². The third kappa shape index (κ3) is 3.67. The van der Waals surface area contributed by atoms with Gasteiger partial charge in [-0.15, -0.1) is 0 Å². The normalized spacial score (nSPS) is 10.3. The molecule has 0 atom stereocenters. The van der Waals surface area contributed by atoms with E-state index in [0.29, 0.717) is 17.9 Å². The number of hydrogen-bond acceptors (Lipinski definition) is 2. The summed E-state index contributed by atoms with van der Waals surface area (Å²) in [5, 5.41) is 0. The van der Waals surface area contributed by atoms with Crippen LogP contribution in [0.2, 0.25) is 0 Å². The molecular weight excluding hydrogens is 255 g/mol. The number of para-hydroxylation sites is 1. The van der Waals surface area contributed by atoms with Gasteiger partial charge in [0.05, 0.1) is 5.56 Å². The Morgan fingerprint density at radius 3 is 2.55 bits per heavy atom. The Morgan fingerprint density at radius 2 is 1.85 bits per heavy atom. The molecule has 20 heavy (non-hydrogen) atoms. The van der Waals surface area contributed by atoms with Crippen LogP contribution in [0.15, 0.2) is 48.5 Å². The minimum absolute atomic E-state index is 0.104. The molecule has 0 heterocycles. The first-order chi connectivity index (χ1) is 9.70. The van der Waals surface area contributed by atoms with Gasteiger partial charge in [-0.3, -0.25) is 4.79 Å². The summed E-state index contributed by atoms with van der Waals surface area (Å²) in [6.45, 7) is 2.00. The van der Waals surface area contributed by atoms with E-state index in [9.17, 15) is 9.18 Å². The molecule has 2 rings (SSSR count). The van der Waals surface area contributed by atoms with Crippen LogP contribution in [0.25, 0.3) is 0 Å². The van der Waals surface area contributed by atoms with Gasteiger partial charge in [0.2, 0.25) is 0 Å². The molecule has 0 spiro atoms. The number of ketones is 1. The lowest BCUT2D eigenvalue weighted by molar-refractivity contribution is 0.0975. The molecule has 2 aromatic rings. The van der Waals surface area contributed by atoms with E-state index in [1.54, 1.807) is 0 Å². The Labute approximate surface area is 118 Å². The molecule has 0 aliphatic rings. The average Bonchev–Trinajstić information content (AvgIpc) is 2.48. The zero-order valence-corrected chi connectivity index (χ0v) is 11.4. The quantitative estimate of drug-likeness (QED) is 0.692. The Kier molecular flexibility index (Phi) is 4.88. The number of carbonyl (C=O) groups excluding carboxylic acids is 1. The standard InChI is InChI=1S/C17H17FO2/c1-2-3-9-17(19)15-12-14(10-11-16(15)18)20-13-7-5-4-6-8-13/h4-8,10-12H,2-3,9H2,1H3. The molecule has 3 heteroatoms. The van der Waals surface area contributed by atoms with Crippen LogP contribution in [-0.4, -0.2) is 5.78 Å². The summed E-state index contributed by atoms with van der Waals surface area (Å²) in [4.78, 5) is 11.9. The van der Waals surface area contributed by atoms with Crippen LogP contribution in [0.3, 0.4) is 0 Å². The monoisotopic (exact) mass is 272 g/mol. The smallest absolute Gasteiger partial charge is 0.165 e. The lowest BCUT2D eigenvalue weighted by atomic mass is 10.0. The molecule has 0 saturated heterocycles. The van der Waals surface area contributed by atoms with Gasteiger partial charge in [-0.05, 0) is 36.8 Å². The molecule has 0 aliphatic carbocycles. The fourth-order valence-corrected chi connectivity index (χ4v) is 1.88. The highest BCUT2D eigenvalue weighted by Gasteiger charge is 2.12. The van der Waals surface area contributed by atoms with Crippen LogP contribution < -0.4 is 4.74 Å². The van der Waals surface area contributed by atoms with E-state index in [2.05, 4.69) is 0 Å². The molecule has 0 saturated carbocycles. The van der Waals surface area contributed by atoms with Crippen molar-refractivity contribution in [2.75, 3.05) is 0 Å². The van der Waals surface area contributed by atoms with Crippen LogP contribution >= 0.6 is 0 Å². The van der Waals surface area contributed by atoms with Gasteiger partial charge in [0.25, 0.3) is 0 Å². The van der Waals surface area contributed by atoms with Crippen LogP contribution in [0.5, 0.6) is 11.5 Å². The Hall–Kier alpha value is -2.16. The van der Waals surface area contributed by atoms with Gasteiger partial charge < -0.3 is 4.74 Å². The third-order valence-corrected chi connectivity index (χ3v) is 2.97. The molecule has 0 aliphatic heterocycles. The average molecular weight is 272 g/mol. The van der Waals surface area contributed by atoms with Gasteiger partial charge in [0.15, 0.2) is 5.78 Å². The van der Waals surface area contributed by atoms with E-state index in [0.717, 1.165) is 12.8 Å². The number of Topliss-reactive ketones (excluding diaryl/α,β-unsaturated/α-hetero) is 1. The van der Waals surface area contributed by atoms with Crippen molar-refractivity contribution in [2.45, 2.75) is 26.2 Å². The maximum Gasteiger partial charge on any atom is 0.165 e. The molecule has 2 aromatic carbocycles. The van der Waals surface area contributed by atoms with Gasteiger partial charge in [-0.25, -0.2) is 4.39 Å². The first kappa shape index (κ1) is 14.3. The second kappa shape index (κ2) is 6.85. The Bertz CT molecular complexity index is 579. The first-order valence-corrected chi connectivity index (χ1v) is 6.76. The SMILES string of the molecule is CCCCC(=O)c1cc(Oc2ccccc2)ccc1F. The lowest BCUT2D eigenvalue weighted by Gasteiger charge is -2.08. The number of rotatable bonds is 6. The number of benzene rings is 2. The number of unbranched alkanes of at least 4 members (excludes halogenated alkanes) is 1. The fourth-order valence-electron chi connectivity index (χ4n) is 1.88. The second-order valence-corrected chi connectivity index (χ2v) is 4.58. The van der Waals surface area contributed by atoms with Crippen LogP contribution in [0.1, 0.15) is 36.5 Å². The van der Waals surface area contributed by atoms with Crippen LogP contribution in [-0.2, 0) is 0 Å². The maximum absolute atomic E-state index is 13.7. The summed E-state index contributed by atoms with van der Waals surface area (Å²) in [6.07, 6.45) is 2.04. The van der Waals surface area contributed by atoms with E-state index in [1.807, 2.05) is 37.3 Å². The van der Waals surface area contributed by atoms with Crippen LogP contribution in [0, 0.1) is 5.82 Å². The van der Waals surface area contributed by atoms with Crippen molar-refractivity contribution in [1.29, 1.82) is 0 Å². The van der Waals surface area contributed by atoms with Crippen molar-refractivity contribution in [3.05, 3.63) is 59.9 Å². The number of halogens is 1. The van der Waals surface area contributed by atoms with Crippen molar-refractivity contribution < 1.29 is 13.9 Å². The molecule has 0 radical (unpaired) electrons. The highest BCUT2D eigenvalue weighted by molar-refractivity contribution is 5.96. The highest BCUT2D eigenvalue weighted by atomic mass is 19.1. The molecule has 104 valence electrons. The molecule has 0 aromatic heterocycles. The molecule has 0 fully saturated rings. The number of carbonyl (C=O) groups is 1. The highest BCUT2D eigenvalue weighted by Crippen LogP contribution is 2.24. The van der Waals surface area contributed by atoms with Crippen molar-refractivity contribution in [1.82, 2.24) is 0 Å². The lowest BCUT2D eigenvalue weighted by Crippen LogP contribution is -2.02. The summed E-state index contributed by atoms with van der Waals surface area (Å²) in [6, 6.07) is 13.5. The van der Waals surface area contributed by atoms with Crippen molar-refractivity contribution in [3.63, 3.8) is 0 Å². The summed E-state index contributed by atoms with van der Waals surface area (Å²) < 4.78 is 19.3. The first-order valence-electron chi connectivity index (χ1n) is 6.76. The number of hydrogen-bond donors (Lipinski definition) is 0. The Morgan fingerprint density at radius 1 is 1.10 bits per heavy atom. The molecule has 0 bridgehead atoms. The number of ether oxygens (including phenoxy) is 1. The summed E-state index contributed by atoms with van der Waals surface area (Å²) in [5.74, 6) is 0.456. The van der Waals surface area contributed by atoms with E-state index < -0.39 is 5.82 Å². The Balaban J connectivity index is 2.18. The molecule has 2 nitrogen and oxygen atoms in total. The van der Waals surface area contributed by atoms with Crippen LogP contribution in [0.4, 0.5) is 4.39 Å². The van der Waals surface area contributed by atoms with Gasteiger partial charge in [-0.1, -0.05) is 31.5 Å². The van der Waals surface area contributed by atoms with Crippen molar-refractivity contribution in [2.24, 2.45) is 0 Å². The summed E-state index contributed by atoms with van der Waals surface area (Å²) in [7, 11) is 0. The predicted octanol–water partition coefficient (Wildman–Crippen LogP) is 4.99. The van der Waals surface area contributed by atoms with E-state index in [4.69, 9.17) is 4.74 Å². The zero-order chi connectivity index (χ0) is 14.4. The van der Waals surface area contributed by atoms with E-state index in [-0.39, 0.29) is 11.3 Å². The van der Waals surface area contributed by atoms with Gasteiger partial charge in [0, 0.05) is 6.42 Å². The largest absolute Gasteiger partial charge is 0.457 e. The van der Waals surface area contributed by atoms with E-state index >= 15 is 0 Å². The maximum atomic E-state index is 13.7. The predicted molar refractivity (Wildman–Crippen MR) is 76.8 cm³/mol. The molecule has 0 amide bonds. The fraction of sp³-hybridized carbons (Fsp3) is 0.235. The summed E-state index contributed by atoms with van der Waals surface area (Å²) in [5.41, 5.74) is 0.104. The molecule has 0 N–H and O–H groups in total. The molecular formula is C17H17FO2. The summed E-state index contributed by atoms with van der Waals surface area (Å²) >= 11 is 0. The minimum atomic E-state index is -0.494.